The summed E-state index contributed by atoms with van der Waals surface area (Å²) in [5.41, 5.74) is -0.743. The number of halogens is 3. The maximum Gasteiger partial charge on any atom is 0.416 e. The molecule has 1 saturated heterocycles. The van der Waals surface area contributed by atoms with Gasteiger partial charge in [-0.25, -0.2) is 0 Å². The van der Waals surface area contributed by atoms with Crippen LogP contribution in [0.15, 0.2) is 18.2 Å². The van der Waals surface area contributed by atoms with Gasteiger partial charge in [0.1, 0.15) is 5.75 Å². The Labute approximate surface area is 127 Å². The van der Waals surface area contributed by atoms with Crippen LogP contribution in [-0.4, -0.2) is 26.1 Å². The van der Waals surface area contributed by atoms with Gasteiger partial charge in [0.05, 0.1) is 12.7 Å². The fourth-order valence-corrected chi connectivity index (χ4v) is 2.51. The van der Waals surface area contributed by atoms with Crippen molar-refractivity contribution in [3.63, 3.8) is 0 Å². The summed E-state index contributed by atoms with van der Waals surface area (Å²) < 4.78 is 44.0. The summed E-state index contributed by atoms with van der Waals surface area (Å²) in [7, 11) is 1.31. The molecule has 2 N–H and O–H groups in total. The summed E-state index contributed by atoms with van der Waals surface area (Å²) in [6.07, 6.45) is -3.06. The SMILES string of the molecule is COc1ccc(CNC(=O)C2CCNCC2)c(C(F)(F)F)c1. The second-order valence-corrected chi connectivity index (χ2v) is 5.26. The molecule has 0 saturated carbocycles. The van der Waals surface area contributed by atoms with Crippen LogP contribution >= 0.6 is 0 Å². The Hall–Kier alpha value is -1.76. The zero-order valence-electron chi connectivity index (χ0n) is 12.3. The molecular formula is C15H19F3N2O2. The fraction of sp³-hybridized carbons (Fsp3) is 0.533. The Kier molecular flexibility index (Phi) is 5.28. The van der Waals surface area contributed by atoms with Crippen LogP contribution in [0.25, 0.3) is 0 Å². The number of hydrogen-bond acceptors (Lipinski definition) is 3. The molecule has 0 aliphatic carbocycles. The van der Waals surface area contributed by atoms with Crippen molar-refractivity contribution in [2.45, 2.75) is 25.6 Å². The lowest BCUT2D eigenvalue weighted by Crippen LogP contribution is -2.38. The Morgan fingerprint density at radius 2 is 2.05 bits per heavy atom. The Morgan fingerprint density at radius 1 is 1.36 bits per heavy atom. The van der Waals surface area contributed by atoms with Crippen molar-refractivity contribution in [1.82, 2.24) is 10.6 Å². The summed E-state index contributed by atoms with van der Waals surface area (Å²) in [6, 6.07) is 3.75. The normalized spacial score (nSPS) is 16.4. The minimum atomic E-state index is -4.48. The average molecular weight is 316 g/mol. The number of piperidine rings is 1. The van der Waals surface area contributed by atoms with Gasteiger partial charge in [0.2, 0.25) is 5.91 Å². The molecule has 0 unspecified atom stereocenters. The predicted octanol–water partition coefficient (Wildman–Crippen LogP) is 2.33. The molecule has 0 atom stereocenters. The number of ether oxygens (including phenoxy) is 1. The monoisotopic (exact) mass is 316 g/mol. The van der Waals surface area contributed by atoms with Gasteiger partial charge >= 0.3 is 6.18 Å². The van der Waals surface area contributed by atoms with Gasteiger partial charge in [0.25, 0.3) is 0 Å². The van der Waals surface area contributed by atoms with Crippen LogP contribution < -0.4 is 15.4 Å². The van der Waals surface area contributed by atoms with Crippen molar-refractivity contribution in [2.24, 2.45) is 5.92 Å². The van der Waals surface area contributed by atoms with Gasteiger partial charge in [-0.1, -0.05) is 6.07 Å². The molecular weight excluding hydrogens is 297 g/mol. The molecule has 1 aliphatic heterocycles. The lowest BCUT2D eigenvalue weighted by Gasteiger charge is -2.22. The Balaban J connectivity index is 2.07. The van der Waals surface area contributed by atoms with E-state index in [1.165, 1.54) is 19.2 Å². The van der Waals surface area contributed by atoms with Crippen LogP contribution in [0.5, 0.6) is 5.75 Å². The standard InChI is InChI=1S/C15H19F3N2O2/c1-22-12-3-2-11(13(8-12)15(16,17)18)9-20-14(21)10-4-6-19-7-5-10/h2-3,8,10,19H,4-7,9H2,1H3,(H,20,21). The van der Waals surface area contributed by atoms with Crippen molar-refractivity contribution in [1.29, 1.82) is 0 Å². The lowest BCUT2D eigenvalue weighted by molar-refractivity contribution is -0.138. The van der Waals surface area contributed by atoms with Crippen LogP contribution in [-0.2, 0) is 17.5 Å². The summed E-state index contributed by atoms with van der Waals surface area (Å²) in [5.74, 6) is -0.181. The van der Waals surface area contributed by atoms with Gasteiger partial charge in [0, 0.05) is 12.5 Å². The number of amides is 1. The van der Waals surface area contributed by atoms with Crippen LogP contribution in [0.4, 0.5) is 13.2 Å². The van der Waals surface area contributed by atoms with Gasteiger partial charge in [-0.2, -0.15) is 13.2 Å². The van der Waals surface area contributed by atoms with E-state index in [2.05, 4.69) is 10.6 Å². The molecule has 1 heterocycles. The van der Waals surface area contributed by atoms with Crippen LogP contribution in [0, 0.1) is 5.92 Å². The minimum Gasteiger partial charge on any atom is -0.497 e. The van der Waals surface area contributed by atoms with E-state index in [1.807, 2.05) is 0 Å². The molecule has 0 aromatic heterocycles. The van der Waals surface area contributed by atoms with Crippen LogP contribution in [0.1, 0.15) is 24.0 Å². The molecule has 1 amide bonds. The molecule has 1 aromatic rings. The molecule has 0 radical (unpaired) electrons. The highest BCUT2D eigenvalue weighted by Gasteiger charge is 2.34. The first kappa shape index (κ1) is 16.6. The molecule has 2 rings (SSSR count). The van der Waals surface area contributed by atoms with Gasteiger partial charge in [-0.15, -0.1) is 0 Å². The van der Waals surface area contributed by atoms with Crippen LogP contribution in [0.3, 0.4) is 0 Å². The molecule has 0 bridgehead atoms. The van der Waals surface area contributed by atoms with E-state index in [0.717, 1.165) is 19.2 Å². The van der Waals surface area contributed by atoms with Gasteiger partial charge in [0.15, 0.2) is 0 Å². The van der Waals surface area contributed by atoms with Crippen LogP contribution in [0.2, 0.25) is 0 Å². The van der Waals surface area contributed by atoms with Crippen molar-refractivity contribution >= 4 is 5.91 Å². The third-order valence-corrected chi connectivity index (χ3v) is 3.79. The zero-order valence-corrected chi connectivity index (χ0v) is 12.3. The second kappa shape index (κ2) is 7.00. The van der Waals surface area contributed by atoms with E-state index in [-0.39, 0.29) is 29.7 Å². The highest BCUT2D eigenvalue weighted by molar-refractivity contribution is 5.78. The molecule has 1 fully saturated rings. The van der Waals surface area contributed by atoms with Crippen molar-refractivity contribution < 1.29 is 22.7 Å². The number of carbonyl (C=O) groups excluding carboxylic acids is 1. The number of methoxy groups -OCH3 is 1. The Morgan fingerprint density at radius 3 is 2.64 bits per heavy atom. The smallest absolute Gasteiger partial charge is 0.416 e. The maximum atomic E-state index is 13.1. The highest BCUT2D eigenvalue weighted by atomic mass is 19.4. The molecule has 4 nitrogen and oxygen atoms in total. The molecule has 22 heavy (non-hydrogen) atoms. The zero-order chi connectivity index (χ0) is 16.2. The summed E-state index contributed by atoms with van der Waals surface area (Å²) >= 11 is 0. The maximum absolute atomic E-state index is 13.1. The van der Waals surface area contributed by atoms with Crippen molar-refractivity contribution in [3.8, 4) is 5.75 Å². The van der Waals surface area contributed by atoms with Crippen molar-refractivity contribution in [2.75, 3.05) is 20.2 Å². The Bertz CT molecular complexity index is 526. The number of carbonyl (C=O) groups is 1. The highest BCUT2D eigenvalue weighted by Crippen LogP contribution is 2.34. The first-order valence-corrected chi connectivity index (χ1v) is 7.14. The number of nitrogens with one attached hydrogen (secondary N) is 2. The van der Waals surface area contributed by atoms with E-state index in [4.69, 9.17) is 4.74 Å². The first-order chi connectivity index (χ1) is 10.4. The average Bonchev–Trinajstić information content (AvgIpc) is 2.52. The number of benzene rings is 1. The third kappa shape index (κ3) is 4.13. The lowest BCUT2D eigenvalue weighted by atomic mass is 9.97. The second-order valence-electron chi connectivity index (χ2n) is 5.26. The molecule has 1 aliphatic rings. The van der Waals surface area contributed by atoms with Gasteiger partial charge in [-0.05, 0) is 43.6 Å². The van der Waals surface area contributed by atoms with E-state index >= 15 is 0 Å². The summed E-state index contributed by atoms with van der Waals surface area (Å²) in [4.78, 5) is 12.0. The minimum absolute atomic E-state index is 0.0376. The van der Waals surface area contributed by atoms with Gasteiger partial charge in [-0.3, -0.25) is 4.79 Å². The largest absolute Gasteiger partial charge is 0.497 e. The van der Waals surface area contributed by atoms with Crippen molar-refractivity contribution in [3.05, 3.63) is 29.3 Å². The van der Waals surface area contributed by atoms with E-state index in [0.29, 0.717) is 12.8 Å². The number of hydrogen-bond donors (Lipinski definition) is 2. The molecule has 1 aromatic carbocycles. The first-order valence-electron chi connectivity index (χ1n) is 7.14. The fourth-order valence-electron chi connectivity index (χ4n) is 2.51. The topological polar surface area (TPSA) is 50.4 Å². The van der Waals surface area contributed by atoms with Gasteiger partial charge < -0.3 is 15.4 Å². The molecule has 122 valence electrons. The summed E-state index contributed by atoms with van der Waals surface area (Å²) in [6.45, 7) is 1.38. The van der Waals surface area contributed by atoms with E-state index in [1.54, 1.807) is 0 Å². The quantitative estimate of drug-likeness (QED) is 0.896. The molecule has 7 heteroatoms. The van der Waals surface area contributed by atoms with E-state index in [9.17, 15) is 18.0 Å². The predicted molar refractivity (Wildman–Crippen MR) is 75.4 cm³/mol. The third-order valence-electron chi connectivity index (χ3n) is 3.79. The number of rotatable bonds is 4. The molecule has 0 spiro atoms. The van der Waals surface area contributed by atoms with E-state index < -0.39 is 11.7 Å². The number of alkyl halides is 3. The summed E-state index contributed by atoms with van der Waals surface area (Å²) in [5, 5.41) is 5.75.